The van der Waals surface area contributed by atoms with Gasteiger partial charge in [0.2, 0.25) is 5.88 Å². The summed E-state index contributed by atoms with van der Waals surface area (Å²) in [7, 11) is 3.41. The third-order valence-electron chi connectivity index (χ3n) is 4.83. The van der Waals surface area contributed by atoms with Crippen LogP contribution in [0.25, 0.3) is 0 Å². The number of aromatic nitrogens is 4. The Labute approximate surface area is 141 Å². The van der Waals surface area contributed by atoms with Crippen molar-refractivity contribution in [2.24, 2.45) is 0 Å². The Bertz CT molecular complexity index is 700. The number of nitrogens with one attached hydrogen (secondary N) is 1. The molecule has 2 aliphatic rings. The van der Waals surface area contributed by atoms with E-state index in [-0.39, 0.29) is 12.1 Å². The molecule has 1 saturated carbocycles. The standard InChI is InChI=1S/C17H23N5O2/c1-23-13-8-14(17-19-16(20-21-17)11-6-7-11)22(10-13)9-12-4-3-5-15(18-12)24-2/h3-5,11,13-14H,6-10H2,1-2H3,(H,19,20,21)/t13-,14+/m1/s1. The van der Waals surface area contributed by atoms with Gasteiger partial charge in [-0.2, -0.15) is 5.10 Å². The predicted octanol–water partition coefficient (Wildman–Crippen LogP) is 2.05. The number of hydrogen-bond acceptors (Lipinski definition) is 6. The molecule has 0 amide bonds. The third-order valence-corrected chi connectivity index (χ3v) is 4.83. The Kier molecular flexibility index (Phi) is 4.20. The van der Waals surface area contributed by atoms with Crippen molar-refractivity contribution in [1.82, 2.24) is 25.1 Å². The molecule has 2 aromatic heterocycles. The van der Waals surface area contributed by atoms with Crippen LogP contribution in [-0.2, 0) is 11.3 Å². The smallest absolute Gasteiger partial charge is 0.213 e. The quantitative estimate of drug-likeness (QED) is 0.874. The molecule has 0 unspecified atom stereocenters. The van der Waals surface area contributed by atoms with E-state index >= 15 is 0 Å². The zero-order chi connectivity index (χ0) is 16.5. The van der Waals surface area contributed by atoms with Crippen molar-refractivity contribution in [3.8, 4) is 5.88 Å². The van der Waals surface area contributed by atoms with Crippen LogP contribution in [0.5, 0.6) is 5.88 Å². The first-order valence-corrected chi connectivity index (χ1v) is 8.45. The molecule has 1 aliphatic heterocycles. The first kappa shape index (κ1) is 15.5. The minimum absolute atomic E-state index is 0.183. The van der Waals surface area contributed by atoms with Crippen LogP contribution in [0.3, 0.4) is 0 Å². The highest BCUT2D eigenvalue weighted by molar-refractivity contribution is 5.16. The summed E-state index contributed by atoms with van der Waals surface area (Å²) < 4.78 is 10.8. The number of methoxy groups -OCH3 is 2. The summed E-state index contributed by atoms with van der Waals surface area (Å²) in [5, 5.41) is 7.55. The minimum atomic E-state index is 0.183. The van der Waals surface area contributed by atoms with Gasteiger partial charge in [-0.1, -0.05) is 6.07 Å². The first-order valence-electron chi connectivity index (χ1n) is 8.45. The van der Waals surface area contributed by atoms with E-state index in [1.54, 1.807) is 14.2 Å². The van der Waals surface area contributed by atoms with Gasteiger partial charge in [-0.25, -0.2) is 9.97 Å². The van der Waals surface area contributed by atoms with Gasteiger partial charge in [-0.3, -0.25) is 10.00 Å². The molecule has 2 fully saturated rings. The van der Waals surface area contributed by atoms with E-state index in [9.17, 15) is 0 Å². The maximum Gasteiger partial charge on any atom is 0.213 e. The Morgan fingerprint density at radius 1 is 1.25 bits per heavy atom. The normalized spacial score (nSPS) is 24.4. The fourth-order valence-electron chi connectivity index (χ4n) is 3.32. The molecule has 7 nitrogen and oxygen atoms in total. The number of hydrogen-bond donors (Lipinski definition) is 1. The summed E-state index contributed by atoms with van der Waals surface area (Å²) in [4.78, 5) is 11.6. The van der Waals surface area contributed by atoms with Crippen LogP contribution in [0.2, 0.25) is 0 Å². The predicted molar refractivity (Wildman–Crippen MR) is 87.7 cm³/mol. The summed E-state index contributed by atoms with van der Waals surface area (Å²) in [6.45, 7) is 1.60. The van der Waals surface area contributed by atoms with E-state index in [1.807, 2.05) is 18.2 Å². The summed E-state index contributed by atoms with van der Waals surface area (Å²) in [5.41, 5.74) is 0.984. The molecule has 1 aliphatic carbocycles. The molecule has 0 aromatic carbocycles. The summed E-state index contributed by atoms with van der Waals surface area (Å²) >= 11 is 0. The number of H-pyrrole nitrogens is 1. The van der Waals surface area contributed by atoms with Crippen LogP contribution in [0.1, 0.15) is 48.6 Å². The monoisotopic (exact) mass is 329 g/mol. The summed E-state index contributed by atoms with van der Waals surface area (Å²) in [6.07, 6.45) is 3.54. The summed E-state index contributed by atoms with van der Waals surface area (Å²) in [6, 6.07) is 6.04. The molecule has 3 heterocycles. The topological polar surface area (TPSA) is 76.2 Å². The van der Waals surface area contributed by atoms with Gasteiger partial charge < -0.3 is 9.47 Å². The van der Waals surface area contributed by atoms with Crippen molar-refractivity contribution in [1.29, 1.82) is 0 Å². The van der Waals surface area contributed by atoms with Gasteiger partial charge in [0.25, 0.3) is 0 Å². The zero-order valence-electron chi connectivity index (χ0n) is 14.1. The molecule has 1 saturated heterocycles. The van der Waals surface area contributed by atoms with Gasteiger partial charge in [0.1, 0.15) is 5.82 Å². The van der Waals surface area contributed by atoms with Crippen LogP contribution in [-0.4, -0.2) is 51.9 Å². The van der Waals surface area contributed by atoms with Crippen LogP contribution in [0, 0.1) is 0 Å². The van der Waals surface area contributed by atoms with E-state index in [4.69, 9.17) is 14.5 Å². The molecule has 1 N–H and O–H groups in total. The minimum Gasteiger partial charge on any atom is -0.481 e. The Balaban J connectivity index is 1.53. The highest BCUT2D eigenvalue weighted by atomic mass is 16.5. The van der Waals surface area contributed by atoms with Crippen molar-refractivity contribution < 1.29 is 9.47 Å². The Morgan fingerprint density at radius 2 is 2.12 bits per heavy atom. The maximum absolute atomic E-state index is 5.59. The van der Waals surface area contributed by atoms with Gasteiger partial charge in [-0.15, -0.1) is 0 Å². The SMILES string of the molecule is COc1cccc(CN2C[C@H](OC)C[C@H]2c2nc(C3CC3)n[nH]2)n1. The van der Waals surface area contributed by atoms with E-state index in [2.05, 4.69) is 20.1 Å². The van der Waals surface area contributed by atoms with Crippen molar-refractivity contribution >= 4 is 0 Å². The lowest BCUT2D eigenvalue weighted by molar-refractivity contribution is 0.107. The van der Waals surface area contributed by atoms with Crippen molar-refractivity contribution in [2.45, 2.75) is 43.9 Å². The molecule has 24 heavy (non-hydrogen) atoms. The van der Waals surface area contributed by atoms with Crippen molar-refractivity contribution in [3.05, 3.63) is 35.5 Å². The average molecular weight is 329 g/mol. The lowest BCUT2D eigenvalue weighted by Gasteiger charge is -2.21. The molecule has 2 aromatic rings. The summed E-state index contributed by atoms with van der Waals surface area (Å²) in [5.74, 6) is 3.11. The molecule has 0 spiro atoms. The van der Waals surface area contributed by atoms with Gasteiger partial charge in [0, 0.05) is 32.2 Å². The van der Waals surface area contributed by atoms with E-state index in [1.165, 1.54) is 12.8 Å². The second-order valence-electron chi connectivity index (χ2n) is 6.56. The Hall–Kier alpha value is -1.99. The van der Waals surface area contributed by atoms with Crippen molar-refractivity contribution in [2.75, 3.05) is 20.8 Å². The highest BCUT2D eigenvalue weighted by Gasteiger charge is 2.37. The van der Waals surface area contributed by atoms with E-state index in [0.29, 0.717) is 11.8 Å². The molecular formula is C17H23N5O2. The van der Waals surface area contributed by atoms with Crippen LogP contribution >= 0.6 is 0 Å². The van der Waals surface area contributed by atoms with Gasteiger partial charge >= 0.3 is 0 Å². The zero-order valence-corrected chi connectivity index (χ0v) is 14.1. The number of rotatable bonds is 6. The molecule has 0 bridgehead atoms. The lowest BCUT2D eigenvalue weighted by atomic mass is 10.2. The van der Waals surface area contributed by atoms with Gasteiger partial charge in [-0.05, 0) is 25.3 Å². The number of nitrogens with zero attached hydrogens (tertiary/aromatic N) is 4. The van der Waals surface area contributed by atoms with Crippen LogP contribution in [0.15, 0.2) is 18.2 Å². The van der Waals surface area contributed by atoms with Crippen molar-refractivity contribution in [3.63, 3.8) is 0 Å². The number of ether oxygens (including phenoxy) is 2. The molecule has 7 heteroatoms. The van der Waals surface area contributed by atoms with Gasteiger partial charge in [0.05, 0.1) is 24.9 Å². The van der Waals surface area contributed by atoms with E-state index in [0.717, 1.165) is 36.9 Å². The second kappa shape index (κ2) is 6.49. The van der Waals surface area contributed by atoms with Gasteiger partial charge in [0.15, 0.2) is 5.82 Å². The first-order chi connectivity index (χ1) is 11.8. The number of aromatic amines is 1. The average Bonchev–Trinajstić information content (AvgIpc) is 3.20. The highest BCUT2D eigenvalue weighted by Crippen LogP contribution is 2.39. The number of pyridine rings is 1. The largest absolute Gasteiger partial charge is 0.481 e. The molecular weight excluding hydrogens is 306 g/mol. The van der Waals surface area contributed by atoms with E-state index < -0.39 is 0 Å². The molecule has 4 rings (SSSR count). The number of likely N-dealkylation sites (tertiary alicyclic amines) is 1. The van der Waals surface area contributed by atoms with Crippen LogP contribution in [0.4, 0.5) is 0 Å². The second-order valence-corrected chi connectivity index (χ2v) is 6.56. The third kappa shape index (κ3) is 3.14. The fraction of sp³-hybridized carbons (Fsp3) is 0.588. The Morgan fingerprint density at radius 3 is 2.88 bits per heavy atom. The van der Waals surface area contributed by atoms with Crippen LogP contribution < -0.4 is 4.74 Å². The molecule has 128 valence electrons. The molecule has 0 radical (unpaired) electrons. The molecule has 2 atom stereocenters. The maximum atomic E-state index is 5.59. The fourth-order valence-corrected chi connectivity index (χ4v) is 3.32. The lowest BCUT2D eigenvalue weighted by Crippen LogP contribution is -2.25.